The maximum absolute atomic E-state index is 12.5. The number of halogens is 1. The molecule has 0 radical (unpaired) electrons. The average molecular weight is 369 g/mol. The van der Waals surface area contributed by atoms with E-state index in [1.807, 2.05) is 0 Å². The van der Waals surface area contributed by atoms with Gasteiger partial charge in [-0.2, -0.15) is 9.40 Å². The number of carbonyl (C=O) groups excluding carboxylic acids is 1. The summed E-state index contributed by atoms with van der Waals surface area (Å²) in [6, 6.07) is 6.11. The number of sulfonamides is 1. The monoisotopic (exact) mass is 368 g/mol. The van der Waals surface area contributed by atoms with Crippen LogP contribution in [0.3, 0.4) is 0 Å². The summed E-state index contributed by atoms with van der Waals surface area (Å²) in [6.07, 6.45) is 3.17. The lowest BCUT2D eigenvalue weighted by Gasteiger charge is -2.15. The van der Waals surface area contributed by atoms with Crippen LogP contribution in [-0.2, 0) is 17.1 Å². The van der Waals surface area contributed by atoms with E-state index in [4.69, 9.17) is 11.6 Å². The summed E-state index contributed by atoms with van der Waals surface area (Å²) >= 11 is 5.93. The number of amides is 1. The first kappa shape index (κ1) is 16.9. The molecule has 1 aromatic carbocycles. The van der Waals surface area contributed by atoms with Gasteiger partial charge in [0.2, 0.25) is 10.0 Å². The van der Waals surface area contributed by atoms with E-state index in [0.717, 1.165) is 12.8 Å². The number of nitrogens with zero attached hydrogens (tertiary/aromatic N) is 3. The lowest BCUT2D eigenvalue weighted by atomic mass is 10.3. The molecule has 0 bridgehead atoms. The normalized spacial score (nSPS) is 15.6. The third kappa shape index (κ3) is 3.17. The van der Waals surface area contributed by atoms with Gasteiger partial charge in [0.05, 0.1) is 16.1 Å². The SMILES string of the molecule is Cn1ncc(Cl)c1C(=O)Nc1ccc(S(=O)(=O)N2CCCC2)cc1. The zero-order chi connectivity index (χ0) is 17.3. The van der Waals surface area contributed by atoms with Crippen LogP contribution >= 0.6 is 11.6 Å². The van der Waals surface area contributed by atoms with Crippen LogP contribution < -0.4 is 5.32 Å². The quantitative estimate of drug-likeness (QED) is 0.895. The minimum absolute atomic E-state index is 0.223. The smallest absolute Gasteiger partial charge is 0.275 e. The molecule has 9 heteroatoms. The highest BCUT2D eigenvalue weighted by Gasteiger charge is 2.27. The first-order valence-corrected chi connectivity index (χ1v) is 9.30. The van der Waals surface area contributed by atoms with E-state index in [1.54, 1.807) is 19.2 Å². The van der Waals surface area contributed by atoms with Gasteiger partial charge >= 0.3 is 0 Å². The average Bonchev–Trinajstić information content (AvgIpc) is 3.18. The minimum Gasteiger partial charge on any atom is -0.321 e. The van der Waals surface area contributed by atoms with Crippen LogP contribution in [0.4, 0.5) is 5.69 Å². The third-order valence-electron chi connectivity index (χ3n) is 3.92. The van der Waals surface area contributed by atoms with Crippen LogP contribution in [-0.4, -0.2) is 41.5 Å². The van der Waals surface area contributed by atoms with E-state index in [2.05, 4.69) is 10.4 Å². The van der Waals surface area contributed by atoms with Crippen molar-refractivity contribution in [1.29, 1.82) is 0 Å². The summed E-state index contributed by atoms with van der Waals surface area (Å²) in [6.45, 7) is 1.11. The minimum atomic E-state index is -3.46. The van der Waals surface area contributed by atoms with Crippen molar-refractivity contribution >= 4 is 33.2 Å². The molecule has 3 rings (SSSR count). The van der Waals surface area contributed by atoms with Crippen molar-refractivity contribution in [3.63, 3.8) is 0 Å². The van der Waals surface area contributed by atoms with Gasteiger partial charge < -0.3 is 5.32 Å². The van der Waals surface area contributed by atoms with Crippen molar-refractivity contribution in [2.75, 3.05) is 18.4 Å². The standard InChI is InChI=1S/C15H17ClN4O3S/c1-19-14(13(16)10-17-19)15(21)18-11-4-6-12(7-5-11)24(22,23)20-8-2-3-9-20/h4-7,10H,2-3,8-9H2,1H3,(H,18,21). The number of rotatable bonds is 4. The number of benzene rings is 1. The molecule has 1 aliphatic heterocycles. The molecule has 1 N–H and O–H groups in total. The molecular weight excluding hydrogens is 352 g/mol. The van der Waals surface area contributed by atoms with Crippen LogP contribution in [0.2, 0.25) is 5.02 Å². The summed E-state index contributed by atoms with van der Waals surface area (Å²) in [4.78, 5) is 12.4. The van der Waals surface area contributed by atoms with Crippen LogP contribution in [0.15, 0.2) is 35.4 Å². The fourth-order valence-corrected chi connectivity index (χ4v) is 4.41. The molecule has 0 aliphatic carbocycles. The van der Waals surface area contributed by atoms with Gasteiger partial charge in [0.25, 0.3) is 5.91 Å². The van der Waals surface area contributed by atoms with E-state index in [-0.39, 0.29) is 15.6 Å². The molecule has 1 aromatic heterocycles. The summed E-state index contributed by atoms with van der Waals surface area (Å²) < 4.78 is 27.8. The Kier molecular flexibility index (Phi) is 4.62. The summed E-state index contributed by atoms with van der Waals surface area (Å²) in [5.74, 6) is -0.407. The van der Waals surface area contributed by atoms with Crippen LogP contribution in [0.1, 0.15) is 23.3 Å². The topological polar surface area (TPSA) is 84.3 Å². The number of carbonyl (C=O) groups is 1. The van der Waals surface area contributed by atoms with Crippen LogP contribution in [0.5, 0.6) is 0 Å². The van der Waals surface area contributed by atoms with Crippen LogP contribution in [0.25, 0.3) is 0 Å². The van der Waals surface area contributed by atoms with Gasteiger partial charge in [0.1, 0.15) is 5.69 Å². The molecule has 1 aliphatic rings. The van der Waals surface area contributed by atoms with Gasteiger partial charge in [-0.15, -0.1) is 0 Å². The predicted molar refractivity (Wildman–Crippen MR) is 90.6 cm³/mol. The van der Waals surface area contributed by atoms with Crippen molar-refractivity contribution in [3.05, 3.63) is 41.2 Å². The number of hydrogen-bond acceptors (Lipinski definition) is 4. The molecule has 0 spiro atoms. The second-order valence-corrected chi connectivity index (χ2v) is 7.90. The Hall–Kier alpha value is -1.90. The van der Waals surface area contributed by atoms with Gasteiger partial charge in [-0.05, 0) is 37.1 Å². The zero-order valence-electron chi connectivity index (χ0n) is 13.1. The molecular formula is C15H17ClN4O3S. The molecule has 1 amide bonds. The van der Waals surface area contributed by atoms with Crippen molar-refractivity contribution in [3.8, 4) is 0 Å². The summed E-state index contributed by atoms with van der Waals surface area (Å²) in [5, 5.41) is 6.84. The van der Waals surface area contributed by atoms with E-state index in [1.165, 1.54) is 27.3 Å². The van der Waals surface area contributed by atoms with Gasteiger partial charge in [-0.25, -0.2) is 8.42 Å². The Morgan fingerprint density at radius 1 is 1.21 bits per heavy atom. The van der Waals surface area contributed by atoms with Crippen molar-refractivity contribution in [2.24, 2.45) is 7.05 Å². The Morgan fingerprint density at radius 3 is 2.38 bits per heavy atom. The number of anilines is 1. The van der Waals surface area contributed by atoms with Gasteiger partial charge in [0, 0.05) is 25.8 Å². The largest absolute Gasteiger partial charge is 0.321 e. The van der Waals surface area contributed by atoms with E-state index < -0.39 is 15.9 Å². The van der Waals surface area contributed by atoms with E-state index in [0.29, 0.717) is 18.8 Å². The lowest BCUT2D eigenvalue weighted by molar-refractivity contribution is 0.101. The zero-order valence-corrected chi connectivity index (χ0v) is 14.6. The highest BCUT2D eigenvalue weighted by molar-refractivity contribution is 7.89. The van der Waals surface area contributed by atoms with Gasteiger partial charge in [-0.1, -0.05) is 11.6 Å². The molecule has 0 unspecified atom stereocenters. The van der Waals surface area contributed by atoms with Crippen molar-refractivity contribution in [1.82, 2.24) is 14.1 Å². The number of nitrogens with one attached hydrogen (secondary N) is 1. The Balaban J connectivity index is 1.76. The van der Waals surface area contributed by atoms with Crippen LogP contribution in [0, 0.1) is 0 Å². The molecule has 1 fully saturated rings. The summed E-state index contributed by atoms with van der Waals surface area (Å²) in [7, 11) is -1.84. The third-order valence-corrected chi connectivity index (χ3v) is 6.11. The maximum atomic E-state index is 12.5. The Labute approximate surface area is 145 Å². The predicted octanol–water partition coefficient (Wildman–Crippen LogP) is 2.11. The van der Waals surface area contributed by atoms with E-state index in [9.17, 15) is 13.2 Å². The Bertz CT molecular complexity index is 836. The molecule has 24 heavy (non-hydrogen) atoms. The Morgan fingerprint density at radius 2 is 1.83 bits per heavy atom. The summed E-state index contributed by atoms with van der Waals surface area (Å²) in [5.41, 5.74) is 0.725. The number of aromatic nitrogens is 2. The molecule has 2 aromatic rings. The molecule has 7 nitrogen and oxygen atoms in total. The van der Waals surface area contributed by atoms with Crippen molar-refractivity contribution in [2.45, 2.75) is 17.7 Å². The molecule has 0 saturated carbocycles. The molecule has 128 valence electrons. The van der Waals surface area contributed by atoms with E-state index >= 15 is 0 Å². The molecule has 2 heterocycles. The van der Waals surface area contributed by atoms with Gasteiger partial charge in [0.15, 0.2) is 0 Å². The first-order valence-electron chi connectivity index (χ1n) is 7.48. The number of aryl methyl sites for hydroxylation is 1. The first-order chi connectivity index (χ1) is 11.4. The second kappa shape index (κ2) is 6.54. The molecule has 1 saturated heterocycles. The highest BCUT2D eigenvalue weighted by Crippen LogP contribution is 2.23. The van der Waals surface area contributed by atoms with Gasteiger partial charge in [-0.3, -0.25) is 9.48 Å². The van der Waals surface area contributed by atoms with Crippen molar-refractivity contribution < 1.29 is 13.2 Å². The maximum Gasteiger partial charge on any atom is 0.275 e. The second-order valence-electron chi connectivity index (χ2n) is 5.55. The lowest BCUT2D eigenvalue weighted by Crippen LogP contribution is -2.27. The fraction of sp³-hybridized carbons (Fsp3) is 0.333. The molecule has 0 atom stereocenters. The number of hydrogen-bond donors (Lipinski definition) is 1. The fourth-order valence-electron chi connectivity index (χ4n) is 2.64. The highest BCUT2D eigenvalue weighted by atomic mass is 35.5.